The van der Waals surface area contributed by atoms with Gasteiger partial charge in [-0.3, -0.25) is 9.00 Å². The topological polar surface area (TPSA) is 84.2 Å². The number of hydrogen-bond acceptors (Lipinski definition) is 4. The highest BCUT2D eigenvalue weighted by Crippen LogP contribution is 2.20. The highest BCUT2D eigenvalue weighted by molar-refractivity contribution is 7.84. The molecule has 0 heterocycles. The summed E-state index contributed by atoms with van der Waals surface area (Å²) in [6.07, 6.45) is 2.48. The number of hydrogen-bond donors (Lipinski definition) is 3. The molecule has 1 atom stereocenters. The molecule has 0 spiro atoms. The number of nitrogens with one attached hydrogen (secondary N) is 2. The molecule has 0 radical (unpaired) electrons. The Morgan fingerprint density at radius 3 is 2.79 bits per heavy atom. The lowest BCUT2D eigenvalue weighted by Crippen LogP contribution is -2.22. The number of benzene rings is 1. The second-order valence-electron chi connectivity index (χ2n) is 4.22. The Bertz CT molecular complexity index is 463. The van der Waals surface area contributed by atoms with Crippen LogP contribution in [0.15, 0.2) is 18.2 Å². The maximum Gasteiger partial charge on any atom is 0.251 e. The summed E-state index contributed by atoms with van der Waals surface area (Å²) >= 11 is 0. The van der Waals surface area contributed by atoms with Crippen LogP contribution in [0.5, 0.6) is 0 Å². The van der Waals surface area contributed by atoms with E-state index in [0.29, 0.717) is 30.1 Å². The zero-order valence-corrected chi connectivity index (χ0v) is 12.2. The van der Waals surface area contributed by atoms with Crippen molar-refractivity contribution in [2.24, 2.45) is 0 Å². The monoisotopic (exact) mass is 283 g/mol. The Balaban J connectivity index is 2.64. The molecule has 1 rings (SSSR count). The van der Waals surface area contributed by atoms with Crippen LogP contribution in [0.3, 0.4) is 0 Å². The van der Waals surface area contributed by atoms with Crippen LogP contribution >= 0.6 is 0 Å². The Kier molecular flexibility index (Phi) is 6.35. The molecule has 0 aliphatic carbocycles. The molecule has 106 valence electrons. The van der Waals surface area contributed by atoms with E-state index >= 15 is 0 Å². The molecule has 5 nitrogen and oxygen atoms in total. The van der Waals surface area contributed by atoms with Gasteiger partial charge in [0.25, 0.3) is 5.91 Å². The van der Waals surface area contributed by atoms with E-state index in [9.17, 15) is 9.00 Å². The lowest BCUT2D eigenvalue weighted by Gasteiger charge is -2.11. The fraction of sp³-hybridized carbons (Fsp3) is 0.462. The predicted molar refractivity (Wildman–Crippen MR) is 80.9 cm³/mol. The Hall–Kier alpha value is -1.56. The van der Waals surface area contributed by atoms with Crippen LogP contribution in [-0.2, 0) is 10.8 Å². The lowest BCUT2D eigenvalue weighted by atomic mass is 10.1. The molecule has 0 aliphatic rings. The number of carbonyl (C=O) groups excluding carboxylic acids is 1. The van der Waals surface area contributed by atoms with Crippen molar-refractivity contribution in [1.82, 2.24) is 5.32 Å². The molecule has 0 aromatic heterocycles. The van der Waals surface area contributed by atoms with E-state index in [1.165, 1.54) is 0 Å². The zero-order valence-electron chi connectivity index (χ0n) is 11.4. The summed E-state index contributed by atoms with van der Waals surface area (Å²) in [6.45, 7) is 3.15. The van der Waals surface area contributed by atoms with Gasteiger partial charge in [0, 0.05) is 41.5 Å². The average Bonchev–Trinajstić information content (AvgIpc) is 2.36. The van der Waals surface area contributed by atoms with Crippen LogP contribution in [0, 0.1) is 0 Å². The maximum absolute atomic E-state index is 11.7. The first-order chi connectivity index (χ1) is 9.04. The minimum atomic E-state index is -0.779. The highest BCUT2D eigenvalue weighted by Gasteiger charge is 2.07. The largest absolute Gasteiger partial charge is 0.397 e. The molecule has 0 aliphatic heterocycles. The van der Waals surface area contributed by atoms with Gasteiger partial charge in [-0.2, -0.15) is 0 Å². The smallest absolute Gasteiger partial charge is 0.251 e. The van der Waals surface area contributed by atoms with Crippen molar-refractivity contribution in [2.45, 2.75) is 13.3 Å². The van der Waals surface area contributed by atoms with Gasteiger partial charge >= 0.3 is 0 Å². The van der Waals surface area contributed by atoms with E-state index in [1.54, 1.807) is 24.5 Å². The highest BCUT2D eigenvalue weighted by atomic mass is 32.2. The minimum Gasteiger partial charge on any atom is -0.397 e. The van der Waals surface area contributed by atoms with Crippen LogP contribution in [0.25, 0.3) is 0 Å². The molecule has 19 heavy (non-hydrogen) atoms. The number of anilines is 2. The predicted octanol–water partition coefficient (Wildman–Crippen LogP) is 1.20. The summed E-state index contributed by atoms with van der Waals surface area (Å²) in [5.41, 5.74) is 7.78. The third-order valence-electron chi connectivity index (χ3n) is 2.58. The maximum atomic E-state index is 11.7. The van der Waals surface area contributed by atoms with Crippen molar-refractivity contribution in [1.29, 1.82) is 0 Å². The second-order valence-corrected chi connectivity index (χ2v) is 5.77. The van der Waals surface area contributed by atoms with Crippen LogP contribution in [0.4, 0.5) is 11.4 Å². The van der Waals surface area contributed by atoms with Gasteiger partial charge in [0.2, 0.25) is 0 Å². The molecule has 4 N–H and O–H groups in total. The standard InChI is InChI=1S/C13H21N3O2S/c1-3-15-13(17)10-5-6-11(14)12(9-10)16-7-4-8-19(2)18/h5-6,9,16H,3-4,7-8,14H2,1-2H3,(H,15,17). The number of nitrogen functional groups attached to an aromatic ring is 1. The summed E-state index contributed by atoms with van der Waals surface area (Å²) < 4.78 is 10.9. The molecule has 6 heteroatoms. The number of amides is 1. The first-order valence-corrected chi connectivity index (χ1v) is 7.99. The normalized spacial score (nSPS) is 11.9. The molecular formula is C13H21N3O2S. The Morgan fingerprint density at radius 1 is 1.42 bits per heavy atom. The van der Waals surface area contributed by atoms with Gasteiger partial charge in [-0.05, 0) is 31.5 Å². The average molecular weight is 283 g/mol. The third-order valence-corrected chi connectivity index (χ3v) is 3.44. The van der Waals surface area contributed by atoms with Gasteiger partial charge in [-0.25, -0.2) is 0 Å². The van der Waals surface area contributed by atoms with Gasteiger partial charge in [0.05, 0.1) is 11.4 Å². The minimum absolute atomic E-state index is 0.111. The molecule has 1 amide bonds. The quantitative estimate of drug-likeness (QED) is 0.518. The van der Waals surface area contributed by atoms with Gasteiger partial charge in [0.15, 0.2) is 0 Å². The first kappa shape index (κ1) is 15.5. The summed E-state index contributed by atoms with van der Waals surface area (Å²) in [5.74, 6) is 0.545. The van der Waals surface area contributed by atoms with Gasteiger partial charge < -0.3 is 16.4 Å². The van der Waals surface area contributed by atoms with Gasteiger partial charge in [0.1, 0.15) is 0 Å². The summed E-state index contributed by atoms with van der Waals surface area (Å²) in [7, 11) is -0.779. The molecule has 0 saturated heterocycles. The SMILES string of the molecule is CCNC(=O)c1ccc(N)c(NCCCS(C)=O)c1. The molecule has 0 bridgehead atoms. The van der Waals surface area contributed by atoms with Crippen LogP contribution < -0.4 is 16.4 Å². The number of rotatable bonds is 7. The lowest BCUT2D eigenvalue weighted by molar-refractivity contribution is 0.0956. The van der Waals surface area contributed by atoms with E-state index in [1.807, 2.05) is 6.92 Å². The molecule has 0 saturated carbocycles. The second kappa shape index (κ2) is 7.78. The molecule has 1 unspecified atom stereocenters. The van der Waals surface area contributed by atoms with Crippen LogP contribution in [0.1, 0.15) is 23.7 Å². The number of carbonyl (C=O) groups is 1. The van der Waals surface area contributed by atoms with Crippen molar-refractivity contribution in [2.75, 3.05) is 36.1 Å². The molecule has 1 aromatic rings. The summed E-state index contributed by atoms with van der Waals surface area (Å²) in [5, 5.41) is 5.91. The van der Waals surface area contributed by atoms with Crippen molar-refractivity contribution >= 4 is 28.1 Å². The van der Waals surface area contributed by atoms with Crippen molar-refractivity contribution in [3.05, 3.63) is 23.8 Å². The summed E-state index contributed by atoms with van der Waals surface area (Å²) in [6, 6.07) is 5.15. The van der Waals surface area contributed by atoms with E-state index in [0.717, 1.165) is 12.1 Å². The Morgan fingerprint density at radius 2 is 2.16 bits per heavy atom. The fourth-order valence-electron chi connectivity index (χ4n) is 1.61. The number of nitrogens with two attached hydrogens (primary N) is 1. The van der Waals surface area contributed by atoms with Gasteiger partial charge in [-0.15, -0.1) is 0 Å². The van der Waals surface area contributed by atoms with E-state index < -0.39 is 10.8 Å². The van der Waals surface area contributed by atoms with Crippen molar-refractivity contribution < 1.29 is 9.00 Å². The van der Waals surface area contributed by atoms with Crippen molar-refractivity contribution in [3.8, 4) is 0 Å². The van der Waals surface area contributed by atoms with Crippen molar-refractivity contribution in [3.63, 3.8) is 0 Å². The fourth-order valence-corrected chi connectivity index (χ4v) is 2.16. The van der Waals surface area contributed by atoms with E-state index in [2.05, 4.69) is 10.6 Å². The first-order valence-electron chi connectivity index (χ1n) is 6.26. The van der Waals surface area contributed by atoms with E-state index in [4.69, 9.17) is 5.73 Å². The van der Waals surface area contributed by atoms with Gasteiger partial charge in [-0.1, -0.05) is 0 Å². The molecule has 1 aromatic carbocycles. The molecular weight excluding hydrogens is 262 g/mol. The third kappa shape index (κ3) is 5.30. The zero-order chi connectivity index (χ0) is 14.3. The van der Waals surface area contributed by atoms with E-state index in [-0.39, 0.29) is 5.91 Å². The molecule has 0 fully saturated rings. The Labute approximate surface area is 116 Å². The van der Waals surface area contributed by atoms with Crippen LogP contribution in [0.2, 0.25) is 0 Å². The summed E-state index contributed by atoms with van der Waals surface area (Å²) in [4.78, 5) is 11.7. The van der Waals surface area contributed by atoms with Crippen LogP contribution in [-0.4, -0.2) is 35.2 Å².